The molecule has 0 saturated heterocycles. The second-order valence-corrected chi connectivity index (χ2v) is 4.37. The lowest BCUT2D eigenvalue weighted by Crippen LogP contribution is -2.34. The number of para-hydroxylation sites is 2. The highest BCUT2D eigenvalue weighted by Gasteiger charge is 2.20. The monoisotopic (exact) mass is 292 g/mol. The average molecular weight is 292 g/mol. The fourth-order valence-corrected chi connectivity index (χ4v) is 1.95. The first-order chi connectivity index (χ1) is 10.0. The summed E-state index contributed by atoms with van der Waals surface area (Å²) in [6.07, 6.45) is 0. The predicted octanol–water partition coefficient (Wildman–Crippen LogP) is 2.19. The zero-order valence-corrected chi connectivity index (χ0v) is 11.1. The van der Waals surface area contributed by atoms with Crippen LogP contribution in [0.15, 0.2) is 42.5 Å². The van der Waals surface area contributed by atoms with E-state index in [2.05, 4.69) is 0 Å². The maximum atomic E-state index is 13.3. The summed E-state index contributed by atoms with van der Waals surface area (Å²) in [7, 11) is 0. The Morgan fingerprint density at radius 2 is 1.86 bits per heavy atom. The largest absolute Gasteiger partial charge is 0.397 e. The number of halogens is 2. The van der Waals surface area contributed by atoms with Gasteiger partial charge >= 0.3 is 0 Å². The highest BCUT2D eigenvalue weighted by molar-refractivity contribution is 6.07. The van der Waals surface area contributed by atoms with Crippen molar-refractivity contribution in [2.24, 2.45) is 0 Å². The Kier molecular flexibility index (Phi) is 4.49. The summed E-state index contributed by atoms with van der Waals surface area (Å²) in [5.74, 6) is -2.70. The van der Waals surface area contributed by atoms with Gasteiger partial charge in [-0.3, -0.25) is 4.79 Å². The van der Waals surface area contributed by atoms with Crippen molar-refractivity contribution in [1.82, 2.24) is 0 Å². The van der Waals surface area contributed by atoms with Crippen LogP contribution in [0.3, 0.4) is 0 Å². The molecule has 3 N–H and O–H groups in total. The number of nitrogens with two attached hydrogens (primary N) is 1. The zero-order valence-electron chi connectivity index (χ0n) is 11.1. The zero-order chi connectivity index (χ0) is 15.4. The molecule has 110 valence electrons. The van der Waals surface area contributed by atoms with Crippen molar-refractivity contribution < 1.29 is 18.7 Å². The predicted molar refractivity (Wildman–Crippen MR) is 76.0 cm³/mol. The molecule has 0 radical (unpaired) electrons. The smallest absolute Gasteiger partial charge is 0.258 e. The second kappa shape index (κ2) is 6.32. The number of anilines is 2. The van der Waals surface area contributed by atoms with Gasteiger partial charge in [0.15, 0.2) is 11.6 Å². The molecule has 0 aliphatic rings. The number of hydrogen-bond acceptors (Lipinski definition) is 3. The van der Waals surface area contributed by atoms with Gasteiger partial charge in [-0.1, -0.05) is 12.1 Å². The second-order valence-electron chi connectivity index (χ2n) is 4.37. The highest BCUT2D eigenvalue weighted by atomic mass is 19.2. The number of rotatable bonds is 4. The van der Waals surface area contributed by atoms with Crippen LogP contribution in [-0.2, 0) is 0 Å². The van der Waals surface area contributed by atoms with E-state index in [1.807, 2.05) is 0 Å². The standard InChI is InChI=1S/C15H14F2N2O2/c16-11-6-5-10(9-12(11)17)15(21)19(7-8-20)14-4-2-1-3-13(14)18/h1-6,9,20H,7-8,18H2. The van der Waals surface area contributed by atoms with Crippen LogP contribution in [0.5, 0.6) is 0 Å². The van der Waals surface area contributed by atoms with Crippen molar-refractivity contribution in [3.63, 3.8) is 0 Å². The van der Waals surface area contributed by atoms with Gasteiger partial charge in [-0.25, -0.2) is 8.78 Å². The molecule has 2 aromatic rings. The number of nitrogen functional groups attached to an aromatic ring is 1. The number of amides is 1. The van der Waals surface area contributed by atoms with Crippen molar-refractivity contribution in [3.8, 4) is 0 Å². The third-order valence-electron chi connectivity index (χ3n) is 2.96. The molecule has 21 heavy (non-hydrogen) atoms. The van der Waals surface area contributed by atoms with Crippen LogP contribution < -0.4 is 10.6 Å². The minimum absolute atomic E-state index is 0.00789. The fourth-order valence-electron chi connectivity index (χ4n) is 1.95. The third-order valence-corrected chi connectivity index (χ3v) is 2.96. The molecule has 0 saturated carbocycles. The molecule has 1 amide bonds. The van der Waals surface area contributed by atoms with Gasteiger partial charge in [-0.05, 0) is 30.3 Å². The molecule has 0 bridgehead atoms. The number of carbonyl (C=O) groups is 1. The Balaban J connectivity index is 2.40. The van der Waals surface area contributed by atoms with E-state index in [9.17, 15) is 13.6 Å². The first-order valence-corrected chi connectivity index (χ1v) is 6.27. The van der Waals surface area contributed by atoms with Gasteiger partial charge in [0.25, 0.3) is 5.91 Å². The number of benzene rings is 2. The van der Waals surface area contributed by atoms with Gasteiger partial charge in [0, 0.05) is 12.1 Å². The summed E-state index contributed by atoms with van der Waals surface area (Å²) in [5, 5.41) is 9.11. The summed E-state index contributed by atoms with van der Waals surface area (Å²) in [6.45, 7) is -0.296. The minimum Gasteiger partial charge on any atom is -0.397 e. The van der Waals surface area contributed by atoms with Crippen molar-refractivity contribution in [2.75, 3.05) is 23.8 Å². The van der Waals surface area contributed by atoms with E-state index in [1.165, 1.54) is 11.0 Å². The number of aliphatic hydroxyl groups is 1. The minimum atomic E-state index is -1.11. The summed E-state index contributed by atoms with van der Waals surface area (Å²) < 4.78 is 26.2. The molecule has 4 nitrogen and oxygen atoms in total. The first kappa shape index (κ1) is 14.9. The summed E-state index contributed by atoms with van der Waals surface area (Å²) in [6, 6.07) is 9.51. The van der Waals surface area contributed by atoms with Crippen LogP contribution in [0.4, 0.5) is 20.2 Å². The van der Waals surface area contributed by atoms with E-state index < -0.39 is 17.5 Å². The van der Waals surface area contributed by atoms with Crippen LogP contribution in [0.25, 0.3) is 0 Å². The molecule has 0 aliphatic carbocycles. The summed E-state index contributed by atoms with van der Waals surface area (Å²) in [4.78, 5) is 13.6. The Labute approximate surface area is 120 Å². The molecule has 6 heteroatoms. The Hall–Kier alpha value is -2.47. The quantitative estimate of drug-likeness (QED) is 0.849. The van der Waals surface area contributed by atoms with Crippen LogP contribution >= 0.6 is 0 Å². The molecule has 0 fully saturated rings. The number of nitrogens with zero attached hydrogens (tertiary/aromatic N) is 1. The van der Waals surface area contributed by atoms with Crippen LogP contribution in [0.2, 0.25) is 0 Å². The van der Waals surface area contributed by atoms with E-state index >= 15 is 0 Å². The SMILES string of the molecule is Nc1ccccc1N(CCO)C(=O)c1ccc(F)c(F)c1. The molecular weight excluding hydrogens is 278 g/mol. The van der Waals surface area contributed by atoms with Crippen molar-refractivity contribution in [2.45, 2.75) is 0 Å². The maximum absolute atomic E-state index is 13.3. The van der Waals surface area contributed by atoms with Gasteiger partial charge in [-0.15, -0.1) is 0 Å². The Morgan fingerprint density at radius 1 is 1.14 bits per heavy atom. The molecule has 0 spiro atoms. The van der Waals surface area contributed by atoms with E-state index in [4.69, 9.17) is 10.8 Å². The number of aliphatic hydroxyl groups excluding tert-OH is 1. The lowest BCUT2D eigenvalue weighted by molar-refractivity contribution is 0.0980. The van der Waals surface area contributed by atoms with Gasteiger partial charge in [0.1, 0.15) is 0 Å². The van der Waals surface area contributed by atoms with E-state index in [0.717, 1.165) is 12.1 Å². The maximum Gasteiger partial charge on any atom is 0.258 e. The van der Waals surface area contributed by atoms with Gasteiger partial charge in [0.2, 0.25) is 0 Å². The van der Waals surface area contributed by atoms with Crippen LogP contribution in [0.1, 0.15) is 10.4 Å². The topological polar surface area (TPSA) is 66.6 Å². The van der Waals surface area contributed by atoms with E-state index in [1.54, 1.807) is 24.3 Å². The van der Waals surface area contributed by atoms with Crippen molar-refractivity contribution >= 4 is 17.3 Å². The van der Waals surface area contributed by atoms with E-state index in [-0.39, 0.29) is 18.7 Å². The van der Waals surface area contributed by atoms with Crippen molar-refractivity contribution in [3.05, 3.63) is 59.7 Å². The molecular formula is C15H14F2N2O2. The van der Waals surface area contributed by atoms with Crippen LogP contribution in [0, 0.1) is 11.6 Å². The lowest BCUT2D eigenvalue weighted by atomic mass is 10.1. The number of carbonyl (C=O) groups excluding carboxylic acids is 1. The summed E-state index contributed by atoms with van der Waals surface area (Å²) >= 11 is 0. The van der Waals surface area contributed by atoms with Gasteiger partial charge < -0.3 is 15.7 Å². The molecule has 0 heterocycles. The molecule has 0 aromatic heterocycles. The molecule has 0 atom stereocenters. The Bertz CT molecular complexity index is 662. The highest BCUT2D eigenvalue weighted by Crippen LogP contribution is 2.24. The average Bonchev–Trinajstić information content (AvgIpc) is 2.48. The summed E-state index contributed by atoms with van der Waals surface area (Å²) in [5.41, 5.74) is 6.54. The molecule has 0 unspecified atom stereocenters. The van der Waals surface area contributed by atoms with Gasteiger partial charge in [0.05, 0.1) is 18.0 Å². The normalized spacial score (nSPS) is 10.4. The Morgan fingerprint density at radius 3 is 2.48 bits per heavy atom. The fraction of sp³-hybridized carbons (Fsp3) is 0.133. The third kappa shape index (κ3) is 3.17. The van der Waals surface area contributed by atoms with Crippen LogP contribution in [-0.4, -0.2) is 24.2 Å². The molecule has 0 aliphatic heterocycles. The number of hydrogen-bond donors (Lipinski definition) is 2. The van der Waals surface area contributed by atoms with Crippen molar-refractivity contribution in [1.29, 1.82) is 0 Å². The molecule has 2 aromatic carbocycles. The van der Waals surface area contributed by atoms with Gasteiger partial charge in [-0.2, -0.15) is 0 Å². The molecule has 2 rings (SSSR count). The lowest BCUT2D eigenvalue weighted by Gasteiger charge is -2.23. The first-order valence-electron chi connectivity index (χ1n) is 6.27. The van der Waals surface area contributed by atoms with E-state index in [0.29, 0.717) is 11.4 Å².